The molecule has 154 valence electrons. The summed E-state index contributed by atoms with van der Waals surface area (Å²) in [5.74, 6) is 1.15. The van der Waals surface area contributed by atoms with E-state index in [-0.39, 0.29) is 17.4 Å². The first-order valence-electron chi connectivity index (χ1n) is 9.79. The summed E-state index contributed by atoms with van der Waals surface area (Å²) in [5.41, 5.74) is 2.44. The molecule has 0 spiro atoms. The lowest BCUT2D eigenvalue weighted by molar-refractivity contribution is -0.119. The summed E-state index contributed by atoms with van der Waals surface area (Å²) in [6, 6.07) is 12.5. The molecule has 0 aliphatic rings. The molecule has 1 amide bonds. The van der Waals surface area contributed by atoms with Gasteiger partial charge in [-0.25, -0.2) is 0 Å². The molecule has 1 unspecified atom stereocenters. The van der Waals surface area contributed by atoms with Crippen LogP contribution in [0.4, 0.5) is 0 Å². The molecule has 29 heavy (non-hydrogen) atoms. The zero-order chi connectivity index (χ0) is 21.0. The maximum Gasteiger partial charge on any atom is 0.230 e. The number of rotatable bonds is 7. The molecule has 0 aliphatic heterocycles. The Morgan fingerprint density at radius 2 is 1.93 bits per heavy atom. The molecular weight excluding hydrogens is 400 g/mol. The molecule has 1 atom stereocenters. The molecule has 0 bridgehead atoms. The van der Waals surface area contributed by atoms with Crippen LogP contribution in [0.5, 0.6) is 0 Å². The number of nitrogens with one attached hydrogen (secondary N) is 1. The Morgan fingerprint density at radius 1 is 1.21 bits per heavy atom. The van der Waals surface area contributed by atoms with Gasteiger partial charge in [-0.3, -0.25) is 4.79 Å². The largest absolute Gasteiger partial charge is 0.348 e. The fourth-order valence-electron chi connectivity index (χ4n) is 3.04. The van der Waals surface area contributed by atoms with Gasteiger partial charge in [0, 0.05) is 17.0 Å². The van der Waals surface area contributed by atoms with Crippen LogP contribution in [0.25, 0.3) is 11.4 Å². The summed E-state index contributed by atoms with van der Waals surface area (Å²) >= 11 is 3.07. The van der Waals surface area contributed by atoms with E-state index >= 15 is 0 Å². The number of carbonyl (C=O) groups excluding carboxylic acids is 1. The molecule has 7 heteroatoms. The lowest BCUT2D eigenvalue weighted by atomic mass is 9.87. The van der Waals surface area contributed by atoms with Crippen molar-refractivity contribution < 1.29 is 4.79 Å². The predicted molar refractivity (Wildman–Crippen MR) is 121 cm³/mol. The topological polar surface area (TPSA) is 59.8 Å². The first-order chi connectivity index (χ1) is 13.8. The van der Waals surface area contributed by atoms with E-state index in [1.54, 1.807) is 11.3 Å². The Bertz CT molecular complexity index is 940. The second kappa shape index (κ2) is 9.13. The predicted octanol–water partition coefficient (Wildman–Crippen LogP) is 5.29. The second-order valence-electron chi connectivity index (χ2n) is 7.97. The maximum absolute atomic E-state index is 12.3. The van der Waals surface area contributed by atoms with Gasteiger partial charge in [0.15, 0.2) is 11.0 Å². The SMILES string of the molecule is CCn1c(SCC(=O)NC(C)c2cccs2)nnc1-c1ccc(C(C)(C)C)cc1. The minimum Gasteiger partial charge on any atom is -0.348 e. The van der Waals surface area contributed by atoms with Crippen LogP contribution in [0.2, 0.25) is 0 Å². The van der Waals surface area contributed by atoms with Crippen LogP contribution in [0.1, 0.15) is 51.1 Å². The van der Waals surface area contributed by atoms with E-state index in [0.29, 0.717) is 5.75 Å². The van der Waals surface area contributed by atoms with Crippen LogP contribution in [0.3, 0.4) is 0 Å². The third-order valence-electron chi connectivity index (χ3n) is 4.72. The molecule has 0 fully saturated rings. The average molecular weight is 429 g/mol. The first kappa shape index (κ1) is 21.6. The van der Waals surface area contributed by atoms with E-state index in [9.17, 15) is 4.79 Å². The number of hydrogen-bond acceptors (Lipinski definition) is 5. The van der Waals surface area contributed by atoms with E-state index in [1.807, 2.05) is 24.4 Å². The van der Waals surface area contributed by atoms with Gasteiger partial charge in [0.25, 0.3) is 0 Å². The second-order valence-corrected chi connectivity index (χ2v) is 9.89. The lowest BCUT2D eigenvalue weighted by Gasteiger charge is -2.19. The number of hydrogen-bond donors (Lipinski definition) is 1. The van der Waals surface area contributed by atoms with Gasteiger partial charge in [0.05, 0.1) is 11.8 Å². The van der Waals surface area contributed by atoms with Gasteiger partial charge in [-0.2, -0.15) is 0 Å². The third-order valence-corrected chi connectivity index (χ3v) is 6.74. The van der Waals surface area contributed by atoms with Crippen LogP contribution in [-0.2, 0) is 16.8 Å². The highest BCUT2D eigenvalue weighted by atomic mass is 32.2. The summed E-state index contributed by atoms with van der Waals surface area (Å²) in [6.45, 7) is 11.4. The zero-order valence-electron chi connectivity index (χ0n) is 17.6. The number of thioether (sulfide) groups is 1. The number of aromatic nitrogens is 3. The summed E-state index contributed by atoms with van der Waals surface area (Å²) in [7, 11) is 0. The van der Waals surface area contributed by atoms with Crippen molar-refractivity contribution in [3.63, 3.8) is 0 Å². The Labute approximate surface area is 180 Å². The molecule has 5 nitrogen and oxygen atoms in total. The average Bonchev–Trinajstić information content (AvgIpc) is 3.35. The van der Waals surface area contributed by atoms with Crippen molar-refractivity contribution >= 4 is 29.0 Å². The smallest absolute Gasteiger partial charge is 0.230 e. The maximum atomic E-state index is 12.3. The highest BCUT2D eigenvalue weighted by molar-refractivity contribution is 7.99. The van der Waals surface area contributed by atoms with Gasteiger partial charge in [-0.1, -0.05) is 62.9 Å². The van der Waals surface area contributed by atoms with E-state index in [2.05, 4.69) is 72.0 Å². The molecule has 0 aliphatic carbocycles. The zero-order valence-corrected chi connectivity index (χ0v) is 19.2. The van der Waals surface area contributed by atoms with E-state index < -0.39 is 0 Å². The highest BCUT2D eigenvalue weighted by Gasteiger charge is 2.18. The molecular formula is C22H28N4OS2. The van der Waals surface area contributed by atoms with Gasteiger partial charge < -0.3 is 9.88 Å². The Hall–Kier alpha value is -2.12. The number of carbonyl (C=O) groups is 1. The number of thiophene rings is 1. The van der Waals surface area contributed by atoms with Gasteiger partial charge >= 0.3 is 0 Å². The summed E-state index contributed by atoms with van der Waals surface area (Å²) in [6.07, 6.45) is 0. The van der Waals surface area contributed by atoms with Crippen LogP contribution in [0.15, 0.2) is 46.9 Å². The Kier molecular flexibility index (Phi) is 6.80. The van der Waals surface area contributed by atoms with E-state index in [1.165, 1.54) is 17.3 Å². The van der Waals surface area contributed by atoms with Crippen molar-refractivity contribution in [3.05, 3.63) is 52.2 Å². The van der Waals surface area contributed by atoms with Crippen LogP contribution in [-0.4, -0.2) is 26.4 Å². The Balaban J connectivity index is 1.67. The van der Waals surface area contributed by atoms with Crippen LogP contribution >= 0.6 is 23.1 Å². The van der Waals surface area contributed by atoms with Crippen molar-refractivity contribution in [2.24, 2.45) is 0 Å². The molecule has 1 N–H and O–H groups in total. The fraction of sp³-hybridized carbons (Fsp3) is 0.409. The molecule has 0 radical (unpaired) electrons. The molecule has 0 saturated carbocycles. The Morgan fingerprint density at radius 3 is 2.52 bits per heavy atom. The van der Waals surface area contributed by atoms with Crippen LogP contribution in [0, 0.1) is 0 Å². The minimum absolute atomic E-state index is 0.00219. The summed E-state index contributed by atoms with van der Waals surface area (Å²) < 4.78 is 2.06. The number of nitrogens with zero attached hydrogens (tertiary/aromatic N) is 3. The van der Waals surface area contributed by atoms with Crippen molar-refractivity contribution in [2.45, 2.75) is 57.8 Å². The van der Waals surface area contributed by atoms with Gasteiger partial charge in [-0.05, 0) is 36.3 Å². The van der Waals surface area contributed by atoms with Gasteiger partial charge in [0.2, 0.25) is 5.91 Å². The van der Waals surface area contributed by atoms with Crippen LogP contribution < -0.4 is 5.32 Å². The molecule has 3 rings (SSSR count). The standard InChI is InChI=1S/C22H28N4OS2/c1-6-26-20(16-9-11-17(12-10-16)22(3,4)5)24-25-21(26)29-14-19(27)23-15(2)18-8-7-13-28-18/h7-13,15H,6,14H2,1-5H3,(H,23,27). The minimum atomic E-state index is -0.00219. The summed E-state index contributed by atoms with van der Waals surface area (Å²) in [4.78, 5) is 13.5. The van der Waals surface area contributed by atoms with Gasteiger partial charge in [0.1, 0.15) is 0 Å². The van der Waals surface area contributed by atoms with Crippen molar-refractivity contribution in [3.8, 4) is 11.4 Å². The molecule has 1 aromatic carbocycles. The lowest BCUT2D eigenvalue weighted by Crippen LogP contribution is -2.27. The highest BCUT2D eigenvalue weighted by Crippen LogP contribution is 2.28. The summed E-state index contributed by atoms with van der Waals surface area (Å²) in [5, 5.41) is 14.6. The van der Waals surface area contributed by atoms with E-state index in [4.69, 9.17) is 0 Å². The quantitative estimate of drug-likeness (QED) is 0.519. The first-order valence-corrected chi connectivity index (χ1v) is 11.7. The number of amides is 1. The normalized spacial score (nSPS) is 12.7. The van der Waals surface area contributed by atoms with E-state index in [0.717, 1.165) is 28.0 Å². The monoisotopic (exact) mass is 428 g/mol. The molecule has 2 heterocycles. The third kappa shape index (κ3) is 5.28. The fourth-order valence-corrected chi connectivity index (χ4v) is 4.58. The van der Waals surface area contributed by atoms with Crippen molar-refractivity contribution in [2.75, 3.05) is 5.75 Å². The molecule has 0 saturated heterocycles. The molecule has 3 aromatic rings. The van der Waals surface area contributed by atoms with Gasteiger partial charge in [-0.15, -0.1) is 21.5 Å². The van der Waals surface area contributed by atoms with Crippen molar-refractivity contribution in [1.82, 2.24) is 20.1 Å². The number of benzene rings is 1. The van der Waals surface area contributed by atoms with Crippen molar-refractivity contribution in [1.29, 1.82) is 0 Å². The molecule has 2 aromatic heterocycles.